The molecule has 0 saturated carbocycles. The highest BCUT2D eigenvalue weighted by molar-refractivity contribution is 9.10. The fraction of sp³-hybridized carbons (Fsp3) is 0.0714. The number of rotatable bonds is 2. The highest BCUT2D eigenvalue weighted by Crippen LogP contribution is 2.29. The van der Waals surface area contributed by atoms with Gasteiger partial charge < -0.3 is 5.73 Å². The summed E-state index contributed by atoms with van der Waals surface area (Å²) < 4.78 is 2.72. The van der Waals surface area contributed by atoms with Gasteiger partial charge in [-0.15, -0.1) is 0 Å². The number of hydrogen-bond donors (Lipinski definition) is 1. The summed E-state index contributed by atoms with van der Waals surface area (Å²) in [5.41, 5.74) is 9.33. The minimum Gasteiger partial charge on any atom is -0.383 e. The van der Waals surface area contributed by atoms with E-state index in [0.717, 1.165) is 21.2 Å². The summed E-state index contributed by atoms with van der Waals surface area (Å²) in [5, 5.41) is 10.7. The van der Waals surface area contributed by atoms with Gasteiger partial charge in [-0.05, 0) is 46.6 Å². The van der Waals surface area contributed by atoms with Crippen LogP contribution in [0.25, 0.3) is 16.9 Å². The summed E-state index contributed by atoms with van der Waals surface area (Å²) in [5.74, 6) is 0.500. The molecule has 2 heterocycles. The van der Waals surface area contributed by atoms with Gasteiger partial charge in [0.15, 0.2) is 0 Å². The van der Waals surface area contributed by atoms with Crippen molar-refractivity contribution in [3.8, 4) is 11.3 Å². The van der Waals surface area contributed by atoms with Crippen molar-refractivity contribution in [2.45, 2.75) is 6.92 Å². The zero-order valence-corrected chi connectivity index (χ0v) is 12.7. The Labute approximate surface area is 128 Å². The van der Waals surface area contributed by atoms with Gasteiger partial charge in [-0.3, -0.25) is 14.5 Å². The molecule has 0 spiro atoms. The molecule has 0 atom stereocenters. The molecule has 2 aromatic heterocycles. The molecule has 0 bridgehead atoms. The molecule has 0 aliphatic heterocycles. The van der Waals surface area contributed by atoms with Gasteiger partial charge in [0.1, 0.15) is 17.2 Å². The number of aryl methyl sites for hydroxylation is 1. The molecule has 0 aliphatic rings. The largest absolute Gasteiger partial charge is 0.383 e. The van der Waals surface area contributed by atoms with E-state index in [-0.39, 0.29) is 5.69 Å². The first-order valence-electron chi connectivity index (χ1n) is 6.16. The van der Waals surface area contributed by atoms with E-state index in [9.17, 15) is 10.1 Å². The maximum Gasteiger partial charge on any atom is 0.269 e. The van der Waals surface area contributed by atoms with Crippen molar-refractivity contribution in [1.82, 2.24) is 9.38 Å². The van der Waals surface area contributed by atoms with E-state index >= 15 is 0 Å². The van der Waals surface area contributed by atoms with Gasteiger partial charge in [-0.25, -0.2) is 4.98 Å². The van der Waals surface area contributed by atoms with Crippen molar-refractivity contribution >= 4 is 33.1 Å². The van der Waals surface area contributed by atoms with Crippen molar-refractivity contribution in [2.24, 2.45) is 0 Å². The standard InChI is InChI=1S/C14H11BrN4O2/c1-8-6-12-17-13(14(16)18(12)7-11(8)15)9-2-4-10(5-3-9)19(20)21/h2-7H,16H2,1H3. The first kappa shape index (κ1) is 13.6. The molecule has 0 radical (unpaired) electrons. The summed E-state index contributed by atoms with van der Waals surface area (Å²) in [4.78, 5) is 14.8. The third-order valence-electron chi connectivity index (χ3n) is 3.29. The topological polar surface area (TPSA) is 86.5 Å². The van der Waals surface area contributed by atoms with Crippen LogP contribution in [0.3, 0.4) is 0 Å². The van der Waals surface area contributed by atoms with Gasteiger partial charge in [0.05, 0.1) is 4.92 Å². The third kappa shape index (κ3) is 2.25. The van der Waals surface area contributed by atoms with Crippen LogP contribution < -0.4 is 5.73 Å². The van der Waals surface area contributed by atoms with Gasteiger partial charge in [0, 0.05) is 28.4 Å². The van der Waals surface area contributed by atoms with Gasteiger partial charge in [-0.1, -0.05) is 0 Å². The lowest BCUT2D eigenvalue weighted by Crippen LogP contribution is -1.95. The third-order valence-corrected chi connectivity index (χ3v) is 4.12. The number of non-ortho nitro benzene ring substituents is 1. The van der Waals surface area contributed by atoms with Crippen molar-refractivity contribution in [1.29, 1.82) is 0 Å². The number of nitrogen functional groups attached to an aromatic ring is 1. The lowest BCUT2D eigenvalue weighted by atomic mass is 10.1. The summed E-state index contributed by atoms with van der Waals surface area (Å²) >= 11 is 3.46. The maximum absolute atomic E-state index is 10.7. The number of nitro benzene ring substituents is 1. The number of imidazole rings is 1. The van der Waals surface area contributed by atoms with Crippen molar-refractivity contribution < 1.29 is 4.92 Å². The van der Waals surface area contributed by atoms with Crippen LogP contribution in [-0.4, -0.2) is 14.3 Å². The Bertz CT molecular complexity index is 856. The lowest BCUT2D eigenvalue weighted by Gasteiger charge is -2.01. The molecule has 21 heavy (non-hydrogen) atoms. The highest BCUT2D eigenvalue weighted by Gasteiger charge is 2.14. The number of nitrogens with two attached hydrogens (primary N) is 1. The first-order chi connectivity index (χ1) is 9.97. The number of nitrogens with zero attached hydrogens (tertiary/aromatic N) is 3. The Morgan fingerprint density at radius 3 is 2.62 bits per heavy atom. The summed E-state index contributed by atoms with van der Waals surface area (Å²) in [7, 11) is 0. The number of halogens is 1. The predicted octanol–water partition coefficient (Wildman–Crippen LogP) is 3.56. The Balaban J connectivity index is 2.16. The van der Waals surface area contributed by atoms with Crippen LogP contribution >= 0.6 is 15.9 Å². The van der Waals surface area contributed by atoms with Crippen LogP contribution in [0.2, 0.25) is 0 Å². The minimum absolute atomic E-state index is 0.0414. The molecular formula is C14H11BrN4O2. The average molecular weight is 347 g/mol. The molecule has 1 aromatic carbocycles. The van der Waals surface area contributed by atoms with Crippen LogP contribution in [0.4, 0.5) is 11.5 Å². The molecule has 6 nitrogen and oxygen atoms in total. The summed E-state index contributed by atoms with van der Waals surface area (Å²) in [6, 6.07) is 8.12. The van der Waals surface area contributed by atoms with Crippen LogP contribution in [0.5, 0.6) is 0 Å². The SMILES string of the molecule is Cc1cc2nc(-c3ccc([N+](=O)[O-])cc3)c(N)n2cc1Br. The molecule has 7 heteroatoms. The summed E-state index contributed by atoms with van der Waals surface area (Å²) in [6.07, 6.45) is 1.86. The molecule has 0 amide bonds. The molecule has 3 rings (SSSR count). The number of hydrogen-bond acceptors (Lipinski definition) is 4. The van der Waals surface area contributed by atoms with E-state index in [4.69, 9.17) is 5.73 Å². The van der Waals surface area contributed by atoms with Gasteiger partial charge in [-0.2, -0.15) is 0 Å². The van der Waals surface area contributed by atoms with E-state index in [1.165, 1.54) is 12.1 Å². The molecule has 0 aliphatic carbocycles. The lowest BCUT2D eigenvalue weighted by molar-refractivity contribution is -0.384. The second-order valence-electron chi connectivity index (χ2n) is 4.68. The van der Waals surface area contributed by atoms with Gasteiger partial charge >= 0.3 is 0 Å². The molecule has 3 aromatic rings. The second kappa shape index (κ2) is 4.85. The maximum atomic E-state index is 10.7. The number of aromatic nitrogens is 2. The zero-order valence-electron chi connectivity index (χ0n) is 11.1. The Morgan fingerprint density at radius 1 is 1.33 bits per heavy atom. The summed E-state index contributed by atoms with van der Waals surface area (Å²) in [6.45, 7) is 1.97. The second-order valence-corrected chi connectivity index (χ2v) is 5.54. The molecule has 106 valence electrons. The number of anilines is 1. The molecule has 0 fully saturated rings. The van der Waals surface area contributed by atoms with Crippen LogP contribution in [0.15, 0.2) is 41.0 Å². The van der Waals surface area contributed by atoms with Gasteiger partial charge in [0.2, 0.25) is 0 Å². The van der Waals surface area contributed by atoms with E-state index in [1.54, 1.807) is 16.5 Å². The van der Waals surface area contributed by atoms with Crippen LogP contribution in [0, 0.1) is 17.0 Å². The monoisotopic (exact) mass is 346 g/mol. The van der Waals surface area contributed by atoms with Crippen molar-refractivity contribution in [2.75, 3.05) is 5.73 Å². The quantitative estimate of drug-likeness (QED) is 0.567. The van der Waals surface area contributed by atoms with E-state index < -0.39 is 4.92 Å². The Morgan fingerprint density at radius 2 is 2.00 bits per heavy atom. The van der Waals surface area contributed by atoms with Gasteiger partial charge in [0.25, 0.3) is 5.69 Å². The highest BCUT2D eigenvalue weighted by atomic mass is 79.9. The predicted molar refractivity (Wildman–Crippen MR) is 84.1 cm³/mol. The molecule has 0 unspecified atom stereocenters. The van der Waals surface area contributed by atoms with Crippen LogP contribution in [-0.2, 0) is 0 Å². The number of benzene rings is 1. The number of fused-ring (bicyclic) bond motifs is 1. The average Bonchev–Trinajstić information content (AvgIpc) is 2.77. The number of pyridine rings is 1. The molecular weight excluding hydrogens is 336 g/mol. The normalized spacial score (nSPS) is 11.0. The zero-order chi connectivity index (χ0) is 15.1. The Kier molecular flexibility index (Phi) is 3.13. The molecule has 2 N–H and O–H groups in total. The fourth-order valence-corrected chi connectivity index (χ4v) is 2.45. The fourth-order valence-electron chi connectivity index (χ4n) is 2.13. The number of nitro groups is 1. The van der Waals surface area contributed by atoms with Crippen LogP contribution in [0.1, 0.15) is 5.56 Å². The van der Waals surface area contributed by atoms with E-state index in [0.29, 0.717) is 11.5 Å². The van der Waals surface area contributed by atoms with E-state index in [2.05, 4.69) is 20.9 Å². The smallest absolute Gasteiger partial charge is 0.269 e. The van der Waals surface area contributed by atoms with Crippen molar-refractivity contribution in [3.05, 3.63) is 56.7 Å². The van der Waals surface area contributed by atoms with Crippen molar-refractivity contribution in [3.63, 3.8) is 0 Å². The van der Waals surface area contributed by atoms with E-state index in [1.807, 2.05) is 19.2 Å². The molecule has 0 saturated heterocycles. The Hall–Kier alpha value is -2.41. The first-order valence-corrected chi connectivity index (χ1v) is 6.95. The minimum atomic E-state index is -0.433.